The molecule has 0 saturated heterocycles. The number of nitrogens with one attached hydrogen (secondary N) is 2. The van der Waals surface area contributed by atoms with Gasteiger partial charge in [-0.15, -0.1) is 0 Å². The molecular formula is C17H17F3N4O3. The number of pyridine rings is 2. The lowest BCUT2D eigenvalue weighted by atomic mass is 10.1. The standard InChI is InChI=1S/C17H17F3N4O3/c1-3-27-15(26)16(17(18,19)20,23-13-9-11(2)6-8-22-13)24-14(25)12-5-4-7-21-10-12/h4-10H,3H2,1-2H3,(H,22,23)(H,24,25). The molecule has 2 aromatic heterocycles. The topological polar surface area (TPSA) is 93.2 Å². The van der Waals surface area contributed by atoms with Crippen LogP contribution < -0.4 is 10.6 Å². The van der Waals surface area contributed by atoms with Crippen LogP contribution in [0.4, 0.5) is 19.0 Å². The number of aryl methyl sites for hydroxylation is 1. The van der Waals surface area contributed by atoms with E-state index < -0.39 is 23.7 Å². The molecule has 2 heterocycles. The minimum atomic E-state index is -5.23. The Bertz CT molecular complexity index is 815. The van der Waals surface area contributed by atoms with Crippen LogP contribution in [0.5, 0.6) is 0 Å². The number of halogens is 3. The molecule has 0 aliphatic carbocycles. The molecular weight excluding hydrogens is 365 g/mol. The highest BCUT2D eigenvalue weighted by Crippen LogP contribution is 2.33. The highest BCUT2D eigenvalue weighted by molar-refractivity contribution is 5.99. The zero-order valence-corrected chi connectivity index (χ0v) is 14.5. The Hall–Kier alpha value is -3.17. The van der Waals surface area contributed by atoms with Crippen LogP contribution in [0.15, 0.2) is 42.9 Å². The maximum atomic E-state index is 14.0. The highest BCUT2D eigenvalue weighted by atomic mass is 19.4. The van der Waals surface area contributed by atoms with Crippen LogP contribution in [0.1, 0.15) is 22.8 Å². The number of nitrogens with zero attached hydrogens (tertiary/aromatic N) is 2. The molecule has 27 heavy (non-hydrogen) atoms. The van der Waals surface area contributed by atoms with Crippen LogP contribution in [0.25, 0.3) is 0 Å². The van der Waals surface area contributed by atoms with E-state index in [4.69, 9.17) is 0 Å². The van der Waals surface area contributed by atoms with Crippen molar-refractivity contribution in [1.29, 1.82) is 0 Å². The molecule has 2 rings (SSSR count). The molecule has 144 valence electrons. The largest absolute Gasteiger partial charge is 0.463 e. The molecule has 1 unspecified atom stereocenters. The second-order valence-electron chi connectivity index (χ2n) is 5.51. The third kappa shape index (κ3) is 4.52. The van der Waals surface area contributed by atoms with Crippen molar-refractivity contribution in [3.8, 4) is 0 Å². The van der Waals surface area contributed by atoms with Gasteiger partial charge in [0.2, 0.25) is 0 Å². The lowest BCUT2D eigenvalue weighted by Gasteiger charge is -2.35. The summed E-state index contributed by atoms with van der Waals surface area (Å²) in [6.07, 6.45) is -1.53. The number of hydrogen-bond acceptors (Lipinski definition) is 6. The molecule has 0 spiro atoms. The van der Waals surface area contributed by atoms with Gasteiger partial charge in [-0.2, -0.15) is 13.2 Å². The number of aromatic nitrogens is 2. The maximum absolute atomic E-state index is 14.0. The summed E-state index contributed by atoms with van der Waals surface area (Å²) >= 11 is 0. The number of rotatable bonds is 6. The number of carbonyl (C=O) groups is 2. The third-order valence-corrected chi connectivity index (χ3v) is 3.46. The Balaban J connectivity index is 2.50. The molecule has 0 aliphatic rings. The molecule has 7 nitrogen and oxygen atoms in total. The van der Waals surface area contributed by atoms with E-state index in [1.54, 1.807) is 18.3 Å². The number of amides is 1. The zero-order chi connectivity index (χ0) is 20.1. The summed E-state index contributed by atoms with van der Waals surface area (Å²) in [5.41, 5.74) is -3.09. The molecule has 2 aromatic rings. The molecule has 0 saturated carbocycles. The summed E-state index contributed by atoms with van der Waals surface area (Å²) in [4.78, 5) is 32.1. The molecule has 2 N–H and O–H groups in total. The lowest BCUT2D eigenvalue weighted by Crippen LogP contribution is -2.69. The van der Waals surface area contributed by atoms with Gasteiger partial charge in [-0.25, -0.2) is 9.78 Å². The van der Waals surface area contributed by atoms with Crippen LogP contribution in [0.3, 0.4) is 0 Å². The van der Waals surface area contributed by atoms with Crippen molar-refractivity contribution >= 4 is 17.7 Å². The van der Waals surface area contributed by atoms with E-state index in [-0.39, 0.29) is 18.0 Å². The number of alkyl halides is 3. The quantitative estimate of drug-likeness (QED) is 0.589. The van der Waals surface area contributed by atoms with Gasteiger partial charge in [0, 0.05) is 18.6 Å². The molecule has 0 fully saturated rings. The normalized spacial score (nSPS) is 13.4. The Kier molecular flexibility index (Phi) is 5.98. The van der Waals surface area contributed by atoms with Gasteiger partial charge in [-0.3, -0.25) is 9.78 Å². The van der Waals surface area contributed by atoms with E-state index in [1.807, 2.05) is 5.32 Å². The molecule has 0 aromatic carbocycles. The van der Waals surface area contributed by atoms with Gasteiger partial charge in [0.25, 0.3) is 5.91 Å². The SMILES string of the molecule is CCOC(=O)C(NC(=O)c1cccnc1)(Nc1cc(C)ccn1)C(F)(F)F. The number of anilines is 1. The van der Waals surface area contributed by atoms with E-state index in [9.17, 15) is 22.8 Å². The highest BCUT2D eigenvalue weighted by Gasteiger charge is 2.64. The van der Waals surface area contributed by atoms with E-state index in [2.05, 4.69) is 14.7 Å². The van der Waals surface area contributed by atoms with Gasteiger partial charge in [0.1, 0.15) is 5.82 Å². The van der Waals surface area contributed by atoms with Gasteiger partial charge in [-0.1, -0.05) is 0 Å². The predicted molar refractivity (Wildman–Crippen MR) is 89.7 cm³/mol. The number of esters is 1. The first-order chi connectivity index (χ1) is 12.7. The Labute approximate surface area is 153 Å². The molecule has 1 atom stereocenters. The number of carbonyl (C=O) groups excluding carboxylic acids is 2. The van der Waals surface area contributed by atoms with Gasteiger partial charge in [-0.05, 0) is 43.7 Å². The van der Waals surface area contributed by atoms with Crippen molar-refractivity contribution in [2.24, 2.45) is 0 Å². The van der Waals surface area contributed by atoms with Crippen molar-refractivity contribution in [3.63, 3.8) is 0 Å². The summed E-state index contributed by atoms with van der Waals surface area (Å²) in [7, 11) is 0. The Morgan fingerprint density at radius 2 is 1.96 bits per heavy atom. The Morgan fingerprint density at radius 3 is 2.52 bits per heavy atom. The summed E-state index contributed by atoms with van der Waals surface area (Å²) < 4.78 is 46.6. The van der Waals surface area contributed by atoms with Crippen molar-refractivity contribution in [1.82, 2.24) is 15.3 Å². The molecule has 0 radical (unpaired) electrons. The summed E-state index contributed by atoms with van der Waals surface area (Å²) in [5.74, 6) is -3.13. The lowest BCUT2D eigenvalue weighted by molar-refractivity contribution is -0.204. The first-order valence-corrected chi connectivity index (χ1v) is 7.87. The van der Waals surface area contributed by atoms with Gasteiger partial charge in [0.15, 0.2) is 0 Å². The van der Waals surface area contributed by atoms with Crippen molar-refractivity contribution in [2.75, 3.05) is 11.9 Å². The summed E-state index contributed by atoms with van der Waals surface area (Å²) in [5, 5.41) is 3.71. The zero-order valence-electron chi connectivity index (χ0n) is 14.5. The van der Waals surface area contributed by atoms with E-state index >= 15 is 0 Å². The van der Waals surface area contributed by atoms with Crippen molar-refractivity contribution in [2.45, 2.75) is 25.7 Å². The fourth-order valence-electron chi connectivity index (χ4n) is 2.17. The third-order valence-electron chi connectivity index (χ3n) is 3.46. The first-order valence-electron chi connectivity index (χ1n) is 7.87. The second-order valence-corrected chi connectivity index (χ2v) is 5.51. The van der Waals surface area contributed by atoms with E-state index in [1.165, 1.54) is 37.5 Å². The molecule has 10 heteroatoms. The fraction of sp³-hybridized carbons (Fsp3) is 0.294. The Morgan fingerprint density at radius 1 is 1.22 bits per heavy atom. The predicted octanol–water partition coefficient (Wildman–Crippen LogP) is 2.45. The van der Waals surface area contributed by atoms with Crippen LogP contribution >= 0.6 is 0 Å². The first kappa shape index (κ1) is 20.1. The molecule has 0 bridgehead atoms. The molecule has 0 aliphatic heterocycles. The second kappa shape index (κ2) is 8.02. The van der Waals surface area contributed by atoms with Crippen LogP contribution in [0.2, 0.25) is 0 Å². The van der Waals surface area contributed by atoms with Crippen LogP contribution in [-0.2, 0) is 9.53 Å². The van der Waals surface area contributed by atoms with Crippen LogP contribution in [0, 0.1) is 6.92 Å². The minimum absolute atomic E-state index is 0.158. The van der Waals surface area contributed by atoms with Gasteiger partial charge in [0.05, 0.1) is 12.2 Å². The van der Waals surface area contributed by atoms with Crippen LogP contribution in [-0.4, -0.2) is 40.3 Å². The molecule has 1 amide bonds. The summed E-state index contributed by atoms with van der Waals surface area (Å²) in [6.45, 7) is 2.68. The van der Waals surface area contributed by atoms with Gasteiger partial charge < -0.3 is 15.4 Å². The van der Waals surface area contributed by atoms with E-state index in [0.29, 0.717) is 5.56 Å². The van der Waals surface area contributed by atoms with Crippen molar-refractivity contribution < 1.29 is 27.5 Å². The fourth-order valence-corrected chi connectivity index (χ4v) is 2.17. The van der Waals surface area contributed by atoms with Crippen molar-refractivity contribution in [3.05, 3.63) is 54.0 Å². The average molecular weight is 382 g/mol. The average Bonchev–Trinajstić information content (AvgIpc) is 2.61. The van der Waals surface area contributed by atoms with E-state index in [0.717, 1.165) is 6.20 Å². The summed E-state index contributed by atoms with van der Waals surface area (Å²) in [6, 6.07) is 5.51. The minimum Gasteiger partial charge on any atom is -0.463 e. The van der Waals surface area contributed by atoms with Gasteiger partial charge >= 0.3 is 17.8 Å². The number of hydrogen-bond donors (Lipinski definition) is 2. The monoisotopic (exact) mass is 382 g/mol. The number of ether oxygens (including phenoxy) is 1. The smallest absolute Gasteiger partial charge is 0.441 e. The maximum Gasteiger partial charge on any atom is 0.441 e.